The number of urea groups is 1. The van der Waals surface area contributed by atoms with Crippen molar-refractivity contribution in [3.05, 3.63) is 102 Å². The maximum absolute atomic E-state index is 14.6. The quantitative estimate of drug-likeness (QED) is 0.242. The van der Waals surface area contributed by atoms with Crippen LogP contribution in [0.3, 0.4) is 0 Å². The molecular formula is C32H32FN7O4S. The number of benzene rings is 3. The van der Waals surface area contributed by atoms with Crippen LogP contribution >= 0.6 is 11.3 Å². The number of piperazine rings is 1. The summed E-state index contributed by atoms with van der Waals surface area (Å²) in [5, 5.41) is 16.1. The predicted octanol–water partition coefficient (Wildman–Crippen LogP) is 3.46. The van der Waals surface area contributed by atoms with Crippen LogP contribution in [0.4, 0.5) is 14.3 Å². The first kappa shape index (κ1) is 30.0. The van der Waals surface area contributed by atoms with Gasteiger partial charge in [-0.1, -0.05) is 65.9 Å². The third-order valence-corrected chi connectivity index (χ3v) is 8.91. The lowest BCUT2D eigenvalue weighted by atomic mass is 9.99. The van der Waals surface area contributed by atoms with Gasteiger partial charge in [0, 0.05) is 19.5 Å². The number of thiazole rings is 1. The van der Waals surface area contributed by atoms with Crippen molar-refractivity contribution in [2.75, 3.05) is 25.4 Å². The smallest absolute Gasteiger partial charge is 0.332 e. The summed E-state index contributed by atoms with van der Waals surface area (Å²) in [6.07, 6.45) is 1.10. The van der Waals surface area contributed by atoms with Gasteiger partial charge in [0.2, 0.25) is 11.8 Å². The van der Waals surface area contributed by atoms with Crippen molar-refractivity contribution >= 4 is 44.5 Å². The largest absolute Gasteiger partial charge is 0.508 e. The maximum Gasteiger partial charge on any atom is 0.332 e. The Morgan fingerprint density at radius 1 is 1.13 bits per heavy atom. The van der Waals surface area contributed by atoms with Gasteiger partial charge in [-0.25, -0.2) is 14.2 Å². The fraction of sp³-hybridized carbons (Fsp3) is 0.250. The number of hydrogen-bond donors (Lipinski definition) is 3. The number of aromatic nitrogens is 1. The molecule has 0 aliphatic carbocycles. The van der Waals surface area contributed by atoms with Crippen LogP contribution in [0, 0.1) is 5.82 Å². The molecule has 4 aromatic rings. The minimum Gasteiger partial charge on any atom is -0.508 e. The van der Waals surface area contributed by atoms with Crippen molar-refractivity contribution in [1.82, 2.24) is 30.1 Å². The summed E-state index contributed by atoms with van der Waals surface area (Å²) in [5.74, 6) is -0.948. The lowest BCUT2D eigenvalue weighted by Gasteiger charge is -2.46. The molecule has 232 valence electrons. The SMILES string of the molecule is C=CCN(C(=O)NCc1ccccc1)N1CC(=O)N2[C@H](Cc3ccc(O)cc3)C(=O)N(Cc3ccc(F)c4sc(N)nc34)C[C@@H]21. The first-order valence-electron chi connectivity index (χ1n) is 14.4. The van der Waals surface area contributed by atoms with Gasteiger partial charge in [0.25, 0.3) is 0 Å². The number of nitrogens with one attached hydrogen (secondary N) is 1. The van der Waals surface area contributed by atoms with Crippen molar-refractivity contribution in [3.8, 4) is 5.75 Å². The Hall–Kier alpha value is -5.01. The van der Waals surface area contributed by atoms with Gasteiger partial charge in [-0.05, 0) is 34.9 Å². The molecule has 3 aromatic carbocycles. The van der Waals surface area contributed by atoms with Gasteiger partial charge in [0.1, 0.15) is 23.8 Å². The summed E-state index contributed by atoms with van der Waals surface area (Å²) >= 11 is 1.04. The average molecular weight is 630 g/mol. The Kier molecular flexibility index (Phi) is 8.37. The molecule has 2 fully saturated rings. The highest BCUT2D eigenvalue weighted by molar-refractivity contribution is 7.22. The van der Waals surface area contributed by atoms with Crippen LogP contribution in [0.15, 0.2) is 79.4 Å². The van der Waals surface area contributed by atoms with Crippen LogP contribution in [0.5, 0.6) is 5.75 Å². The number of amides is 4. The van der Waals surface area contributed by atoms with Crippen molar-refractivity contribution in [2.45, 2.75) is 31.7 Å². The molecule has 1 aromatic heterocycles. The molecule has 0 spiro atoms. The molecule has 3 heterocycles. The number of nitrogens with zero attached hydrogens (tertiary/aromatic N) is 5. The number of carbonyl (C=O) groups is 3. The topological polar surface area (TPSA) is 135 Å². The summed E-state index contributed by atoms with van der Waals surface area (Å²) in [5.41, 5.74) is 8.57. The van der Waals surface area contributed by atoms with Gasteiger partial charge in [-0.2, -0.15) is 5.01 Å². The van der Waals surface area contributed by atoms with E-state index in [0.29, 0.717) is 15.8 Å². The highest BCUT2D eigenvalue weighted by Crippen LogP contribution is 2.33. The normalized spacial score (nSPS) is 18.3. The predicted molar refractivity (Wildman–Crippen MR) is 168 cm³/mol. The third-order valence-electron chi connectivity index (χ3n) is 8.02. The van der Waals surface area contributed by atoms with E-state index in [1.807, 2.05) is 30.3 Å². The molecular weight excluding hydrogens is 597 g/mol. The van der Waals surface area contributed by atoms with Crippen molar-refractivity contribution < 1.29 is 23.9 Å². The minimum atomic E-state index is -0.889. The second-order valence-corrected chi connectivity index (χ2v) is 12.0. The van der Waals surface area contributed by atoms with E-state index in [9.17, 15) is 23.9 Å². The summed E-state index contributed by atoms with van der Waals surface area (Å²) in [7, 11) is 0. The van der Waals surface area contributed by atoms with E-state index in [-0.39, 0.29) is 61.8 Å². The molecule has 0 saturated carbocycles. The number of phenols is 1. The number of fused-ring (bicyclic) bond motifs is 2. The number of halogens is 1. The standard InChI is InChI=1S/C32H32FN7O4S/c1-2-14-38(32(44)35-16-21-6-4-3-5-7-21)39-19-27(42)40-25(15-20-8-11-23(41)12-9-20)30(43)37(18-26(39)40)17-22-10-13-24(33)29-28(22)36-31(34)45-29/h2-13,25-26,41H,1,14-19H2,(H2,34,36)(H,35,44)/t25-,26-/m1/s1. The molecule has 2 aliphatic rings. The third kappa shape index (κ3) is 6.04. The van der Waals surface area contributed by atoms with E-state index >= 15 is 0 Å². The lowest BCUT2D eigenvalue weighted by Crippen LogP contribution is -2.66. The van der Waals surface area contributed by atoms with Crippen LogP contribution in [0.25, 0.3) is 10.2 Å². The molecule has 13 heteroatoms. The van der Waals surface area contributed by atoms with Gasteiger partial charge in [0.15, 0.2) is 5.13 Å². The van der Waals surface area contributed by atoms with E-state index in [4.69, 9.17) is 5.73 Å². The van der Waals surface area contributed by atoms with Crippen LogP contribution < -0.4 is 11.1 Å². The molecule has 45 heavy (non-hydrogen) atoms. The lowest BCUT2D eigenvalue weighted by molar-refractivity contribution is -0.157. The fourth-order valence-electron chi connectivity index (χ4n) is 5.91. The highest BCUT2D eigenvalue weighted by atomic mass is 32.1. The zero-order valence-corrected chi connectivity index (χ0v) is 25.1. The molecule has 4 amide bonds. The van der Waals surface area contributed by atoms with Crippen LogP contribution in [0.2, 0.25) is 0 Å². The van der Waals surface area contributed by atoms with E-state index in [0.717, 1.165) is 22.5 Å². The number of rotatable bonds is 9. The number of nitrogens with two attached hydrogens (primary N) is 1. The Morgan fingerprint density at radius 2 is 1.89 bits per heavy atom. The van der Waals surface area contributed by atoms with Crippen LogP contribution in [-0.2, 0) is 29.1 Å². The number of anilines is 1. The molecule has 2 saturated heterocycles. The van der Waals surface area contributed by atoms with E-state index in [1.54, 1.807) is 39.1 Å². The molecule has 2 atom stereocenters. The Balaban J connectivity index is 1.33. The van der Waals surface area contributed by atoms with Crippen molar-refractivity contribution in [1.29, 1.82) is 0 Å². The van der Waals surface area contributed by atoms with Gasteiger partial charge in [-0.3, -0.25) is 14.6 Å². The Labute approximate surface area is 262 Å². The minimum absolute atomic E-state index is 0.0843. The van der Waals surface area contributed by atoms with Gasteiger partial charge >= 0.3 is 6.03 Å². The molecule has 11 nitrogen and oxygen atoms in total. The number of hydrazine groups is 1. The van der Waals surface area contributed by atoms with Gasteiger partial charge < -0.3 is 26.0 Å². The number of hydrogen-bond acceptors (Lipinski definition) is 8. The maximum atomic E-state index is 14.6. The Bertz CT molecular complexity index is 1750. The zero-order chi connectivity index (χ0) is 31.7. The number of phenolic OH excluding ortho intramolecular Hbond substituents is 1. The second-order valence-electron chi connectivity index (χ2n) is 10.9. The van der Waals surface area contributed by atoms with Gasteiger partial charge in [-0.15, -0.1) is 6.58 Å². The summed E-state index contributed by atoms with van der Waals surface area (Å²) in [4.78, 5) is 48.8. The highest BCUT2D eigenvalue weighted by Gasteiger charge is 2.52. The second kappa shape index (κ2) is 12.5. The van der Waals surface area contributed by atoms with Crippen molar-refractivity contribution in [3.63, 3.8) is 0 Å². The fourth-order valence-corrected chi connectivity index (χ4v) is 6.70. The van der Waals surface area contributed by atoms with E-state index in [1.165, 1.54) is 23.2 Å². The van der Waals surface area contributed by atoms with Crippen LogP contribution in [0.1, 0.15) is 16.7 Å². The van der Waals surface area contributed by atoms with Crippen LogP contribution in [-0.4, -0.2) is 79.6 Å². The summed E-state index contributed by atoms with van der Waals surface area (Å²) in [6.45, 7) is 4.30. The molecule has 0 unspecified atom stereocenters. The molecule has 2 aliphatic heterocycles. The van der Waals surface area contributed by atoms with Gasteiger partial charge in [0.05, 0.1) is 29.9 Å². The summed E-state index contributed by atoms with van der Waals surface area (Å²) in [6, 6.07) is 17.6. The first-order chi connectivity index (χ1) is 21.7. The molecule has 0 radical (unpaired) electrons. The molecule has 0 bridgehead atoms. The zero-order valence-electron chi connectivity index (χ0n) is 24.3. The number of aromatic hydroxyl groups is 1. The molecule has 6 rings (SSSR count). The average Bonchev–Trinajstić information content (AvgIpc) is 3.59. The first-order valence-corrected chi connectivity index (χ1v) is 15.2. The van der Waals surface area contributed by atoms with Crippen molar-refractivity contribution in [2.24, 2.45) is 0 Å². The van der Waals surface area contributed by atoms with E-state index in [2.05, 4.69) is 16.9 Å². The van der Waals surface area contributed by atoms with E-state index < -0.39 is 24.1 Å². The molecule has 4 N–H and O–H groups in total. The number of nitrogen functional groups attached to an aromatic ring is 1. The monoisotopic (exact) mass is 629 g/mol. The number of carbonyl (C=O) groups excluding carboxylic acids is 3. The Morgan fingerprint density at radius 3 is 2.62 bits per heavy atom. The summed E-state index contributed by atoms with van der Waals surface area (Å²) < 4.78 is 14.9.